The Hall–Kier alpha value is -3.45. The number of anilines is 2. The monoisotopic (exact) mass is 377 g/mol. The van der Waals surface area contributed by atoms with Gasteiger partial charge in [0.15, 0.2) is 0 Å². The van der Waals surface area contributed by atoms with Crippen molar-refractivity contribution in [3.63, 3.8) is 0 Å². The lowest BCUT2D eigenvalue weighted by Crippen LogP contribution is -2.29. The van der Waals surface area contributed by atoms with Crippen LogP contribution < -0.4 is 20.5 Å². The van der Waals surface area contributed by atoms with Crippen LogP contribution in [0.15, 0.2) is 61.1 Å². The topological polar surface area (TPSA) is 106 Å². The molecule has 0 saturated carbocycles. The van der Waals surface area contributed by atoms with Crippen LogP contribution in [0.3, 0.4) is 0 Å². The number of ether oxygens (including phenoxy) is 2. The Morgan fingerprint density at radius 3 is 2.64 bits per heavy atom. The molecule has 4 N–H and O–H groups in total. The maximum absolute atomic E-state index is 7.74. The van der Waals surface area contributed by atoms with Crippen molar-refractivity contribution < 1.29 is 9.47 Å². The van der Waals surface area contributed by atoms with Crippen molar-refractivity contribution in [2.75, 3.05) is 12.4 Å². The molecular formula is C21H23N5O2. The summed E-state index contributed by atoms with van der Waals surface area (Å²) in [5.74, 6) is 1.15. The SMILES string of the molecule is COc1ccc(C(Oc2ccc(Nc3cccnc3)c(C=N)c2)C(C)N)cn1. The molecule has 2 heterocycles. The van der Waals surface area contributed by atoms with Crippen LogP contribution in [-0.4, -0.2) is 29.3 Å². The summed E-state index contributed by atoms with van der Waals surface area (Å²) >= 11 is 0. The first-order chi connectivity index (χ1) is 13.6. The Morgan fingerprint density at radius 1 is 1.18 bits per heavy atom. The Bertz CT molecular complexity index is 914. The molecule has 3 aromatic rings. The van der Waals surface area contributed by atoms with Gasteiger partial charge in [-0.05, 0) is 43.3 Å². The fraction of sp³-hybridized carbons (Fsp3) is 0.190. The molecule has 144 valence electrons. The average molecular weight is 377 g/mol. The first kappa shape index (κ1) is 19.3. The van der Waals surface area contributed by atoms with E-state index >= 15 is 0 Å². The molecule has 0 bridgehead atoms. The van der Waals surface area contributed by atoms with Gasteiger partial charge in [0.05, 0.1) is 19.0 Å². The summed E-state index contributed by atoms with van der Waals surface area (Å²) in [4.78, 5) is 8.31. The van der Waals surface area contributed by atoms with Crippen LogP contribution in [0.5, 0.6) is 11.6 Å². The highest BCUT2D eigenvalue weighted by atomic mass is 16.5. The number of hydrogen-bond acceptors (Lipinski definition) is 7. The Balaban J connectivity index is 1.82. The summed E-state index contributed by atoms with van der Waals surface area (Å²) < 4.78 is 11.2. The summed E-state index contributed by atoms with van der Waals surface area (Å²) in [5.41, 5.74) is 9.32. The van der Waals surface area contributed by atoms with Gasteiger partial charge in [0.1, 0.15) is 11.9 Å². The van der Waals surface area contributed by atoms with E-state index in [0.29, 0.717) is 17.2 Å². The van der Waals surface area contributed by atoms with Gasteiger partial charge in [0.2, 0.25) is 5.88 Å². The predicted molar refractivity (Wildman–Crippen MR) is 110 cm³/mol. The fourth-order valence-electron chi connectivity index (χ4n) is 2.75. The van der Waals surface area contributed by atoms with Crippen molar-refractivity contribution >= 4 is 17.6 Å². The zero-order valence-electron chi connectivity index (χ0n) is 15.8. The van der Waals surface area contributed by atoms with E-state index in [4.69, 9.17) is 20.6 Å². The molecule has 28 heavy (non-hydrogen) atoms. The zero-order chi connectivity index (χ0) is 19.9. The molecule has 0 spiro atoms. The molecule has 2 aromatic heterocycles. The molecule has 7 nitrogen and oxygen atoms in total. The number of pyridine rings is 2. The number of nitrogens with two attached hydrogens (primary N) is 1. The molecular weight excluding hydrogens is 354 g/mol. The molecule has 0 amide bonds. The third-order valence-corrected chi connectivity index (χ3v) is 4.16. The van der Waals surface area contributed by atoms with Gasteiger partial charge in [-0.15, -0.1) is 0 Å². The van der Waals surface area contributed by atoms with Crippen LogP contribution in [0.1, 0.15) is 24.2 Å². The summed E-state index contributed by atoms with van der Waals surface area (Å²) in [5, 5.41) is 11.0. The van der Waals surface area contributed by atoms with Gasteiger partial charge >= 0.3 is 0 Å². The summed E-state index contributed by atoms with van der Waals surface area (Å²) in [6.07, 6.45) is 6.03. The first-order valence-electron chi connectivity index (χ1n) is 8.84. The number of methoxy groups -OCH3 is 1. The second-order valence-electron chi connectivity index (χ2n) is 6.29. The van der Waals surface area contributed by atoms with Crippen molar-refractivity contribution in [1.82, 2.24) is 9.97 Å². The Labute approximate surface area is 164 Å². The fourth-order valence-corrected chi connectivity index (χ4v) is 2.75. The van der Waals surface area contributed by atoms with Crippen molar-refractivity contribution in [2.45, 2.75) is 19.1 Å². The third-order valence-electron chi connectivity index (χ3n) is 4.16. The van der Waals surface area contributed by atoms with Crippen molar-refractivity contribution in [2.24, 2.45) is 5.73 Å². The first-order valence-corrected chi connectivity index (χ1v) is 8.84. The lowest BCUT2D eigenvalue weighted by molar-refractivity contribution is 0.180. The summed E-state index contributed by atoms with van der Waals surface area (Å²) in [6, 6.07) is 12.7. The molecule has 7 heteroatoms. The molecule has 0 saturated heterocycles. The largest absolute Gasteiger partial charge is 0.484 e. The minimum Gasteiger partial charge on any atom is -0.484 e. The van der Waals surface area contributed by atoms with E-state index in [0.717, 1.165) is 16.9 Å². The second kappa shape index (κ2) is 8.96. The number of benzene rings is 1. The second-order valence-corrected chi connectivity index (χ2v) is 6.29. The van der Waals surface area contributed by atoms with E-state index in [9.17, 15) is 0 Å². The van der Waals surface area contributed by atoms with Crippen LogP contribution in [0, 0.1) is 5.41 Å². The van der Waals surface area contributed by atoms with Gasteiger partial charge in [-0.25, -0.2) is 4.98 Å². The third kappa shape index (κ3) is 4.63. The Kier molecular flexibility index (Phi) is 6.18. The molecule has 0 radical (unpaired) electrons. The molecule has 2 unspecified atom stereocenters. The molecule has 3 rings (SSSR count). The van der Waals surface area contributed by atoms with Gasteiger partial charge in [0.25, 0.3) is 0 Å². The zero-order valence-corrected chi connectivity index (χ0v) is 15.8. The van der Waals surface area contributed by atoms with E-state index < -0.39 is 0 Å². The van der Waals surface area contributed by atoms with E-state index in [-0.39, 0.29) is 12.1 Å². The maximum Gasteiger partial charge on any atom is 0.212 e. The van der Waals surface area contributed by atoms with Gasteiger partial charge in [0, 0.05) is 47.5 Å². The Morgan fingerprint density at radius 2 is 2.04 bits per heavy atom. The number of hydrogen-bond donors (Lipinski definition) is 3. The quantitative estimate of drug-likeness (QED) is 0.517. The van der Waals surface area contributed by atoms with Crippen LogP contribution in [-0.2, 0) is 0 Å². The van der Waals surface area contributed by atoms with Crippen LogP contribution >= 0.6 is 0 Å². The van der Waals surface area contributed by atoms with E-state index in [1.807, 2.05) is 37.3 Å². The van der Waals surface area contributed by atoms with Crippen molar-refractivity contribution in [3.05, 3.63) is 72.2 Å². The van der Waals surface area contributed by atoms with E-state index in [2.05, 4.69) is 15.3 Å². The predicted octanol–water partition coefficient (Wildman–Crippen LogP) is 3.69. The van der Waals surface area contributed by atoms with Crippen LogP contribution in [0.25, 0.3) is 0 Å². The van der Waals surface area contributed by atoms with Gasteiger partial charge in [-0.2, -0.15) is 0 Å². The number of aromatic nitrogens is 2. The average Bonchev–Trinajstić information content (AvgIpc) is 2.73. The highest BCUT2D eigenvalue weighted by molar-refractivity contribution is 5.88. The molecule has 1 aromatic carbocycles. The van der Waals surface area contributed by atoms with Crippen molar-refractivity contribution in [1.29, 1.82) is 5.41 Å². The lowest BCUT2D eigenvalue weighted by atomic mass is 10.1. The van der Waals surface area contributed by atoms with Gasteiger partial charge in [-0.1, -0.05) is 0 Å². The van der Waals surface area contributed by atoms with Gasteiger partial charge in [-0.3, -0.25) is 4.98 Å². The molecule has 2 atom stereocenters. The van der Waals surface area contributed by atoms with Crippen LogP contribution in [0.2, 0.25) is 0 Å². The normalized spacial score (nSPS) is 12.7. The summed E-state index contributed by atoms with van der Waals surface area (Å²) in [6.45, 7) is 1.88. The highest BCUT2D eigenvalue weighted by Crippen LogP contribution is 2.29. The molecule has 0 fully saturated rings. The number of rotatable bonds is 8. The van der Waals surface area contributed by atoms with Crippen LogP contribution in [0.4, 0.5) is 11.4 Å². The lowest BCUT2D eigenvalue weighted by Gasteiger charge is -2.23. The summed E-state index contributed by atoms with van der Waals surface area (Å²) in [7, 11) is 1.57. The van der Waals surface area contributed by atoms with E-state index in [1.165, 1.54) is 6.21 Å². The molecule has 0 aliphatic carbocycles. The minimum absolute atomic E-state index is 0.258. The standard InChI is InChI=1S/C21H23N5O2/c1-14(23)21(15-5-8-20(27-2)25-12-15)28-18-6-7-19(16(10-18)11-22)26-17-4-3-9-24-13-17/h3-14,21-22,26H,23H2,1-2H3. The maximum atomic E-state index is 7.74. The molecule has 0 aliphatic heterocycles. The number of nitrogens with zero attached hydrogens (tertiary/aromatic N) is 2. The van der Waals surface area contributed by atoms with Crippen molar-refractivity contribution in [3.8, 4) is 11.6 Å². The highest BCUT2D eigenvalue weighted by Gasteiger charge is 2.19. The number of nitrogens with one attached hydrogen (secondary N) is 2. The van der Waals surface area contributed by atoms with Gasteiger partial charge < -0.3 is 25.9 Å². The smallest absolute Gasteiger partial charge is 0.212 e. The minimum atomic E-state index is -0.380. The van der Waals surface area contributed by atoms with E-state index in [1.54, 1.807) is 37.8 Å². The molecule has 0 aliphatic rings.